The normalized spacial score (nSPS) is 2.40. The van der Waals surface area contributed by atoms with Crippen LogP contribution in [0.15, 0.2) is 0 Å². The summed E-state index contributed by atoms with van der Waals surface area (Å²) in [5, 5.41) is 0. The van der Waals surface area contributed by atoms with Crippen molar-refractivity contribution in [3.8, 4) is 0 Å². The molecule has 0 aromatic carbocycles. The van der Waals surface area contributed by atoms with Crippen molar-refractivity contribution in [3.63, 3.8) is 0 Å². The Morgan fingerprint density at radius 3 is 1.20 bits per heavy atom. The van der Waals surface area contributed by atoms with Crippen LogP contribution in [0.1, 0.15) is 6.92 Å². The molecule has 0 heterocycles. The van der Waals surface area contributed by atoms with Crippen LogP contribution >= 0.6 is 0 Å². The van der Waals surface area contributed by atoms with Gasteiger partial charge < -0.3 is 19.6 Å². The van der Waals surface area contributed by atoms with Crippen molar-refractivity contribution in [1.29, 1.82) is 0 Å². The third-order valence-electron chi connectivity index (χ3n) is 0. The molecule has 0 rings (SSSR count). The zero-order valence-corrected chi connectivity index (χ0v) is 7.35. The summed E-state index contributed by atoms with van der Waals surface area (Å²) in [4.78, 5) is 0. The van der Waals surface area contributed by atoms with Crippen LogP contribution in [0.5, 0.6) is 0 Å². The fraction of sp³-hybridized carbons (Fsp3) is 0.667. The zero-order valence-electron chi connectivity index (χ0n) is 3.69. The zero-order chi connectivity index (χ0) is 4.00. The van der Waals surface area contributed by atoms with Gasteiger partial charge in [-0.15, -0.1) is 0 Å². The van der Waals surface area contributed by atoms with Crippen molar-refractivity contribution in [3.05, 3.63) is 6.92 Å². The van der Waals surface area contributed by atoms with Crippen molar-refractivity contribution < 1.29 is 32.7 Å². The van der Waals surface area contributed by atoms with E-state index in [0.29, 0.717) is 0 Å². The van der Waals surface area contributed by atoms with E-state index in [0.717, 1.165) is 0 Å². The largest absolute Gasteiger partial charge is 0.796 e. The minimum absolute atomic E-state index is 0. The SMILES string of the molecule is C[S-].[CH2-]C.[Y]. The fourth-order valence-electron chi connectivity index (χ4n) is 0. The molecular formula is C3H8SY-2. The van der Waals surface area contributed by atoms with E-state index >= 15 is 0 Å². The Morgan fingerprint density at radius 2 is 1.20 bits per heavy atom. The molecule has 0 aliphatic heterocycles. The minimum atomic E-state index is 0. The summed E-state index contributed by atoms with van der Waals surface area (Å²) in [5.41, 5.74) is 0. The maximum atomic E-state index is 4.08. The minimum Gasteiger partial charge on any atom is -0.796 e. The predicted octanol–water partition coefficient (Wildman–Crippen LogP) is 1.00. The molecule has 5 heavy (non-hydrogen) atoms. The van der Waals surface area contributed by atoms with Gasteiger partial charge in [0.1, 0.15) is 0 Å². The first-order valence-corrected chi connectivity index (χ1v) is 1.93. The Hall–Kier alpha value is 1.45. The van der Waals surface area contributed by atoms with Crippen LogP contribution in [0.3, 0.4) is 0 Å². The summed E-state index contributed by atoms with van der Waals surface area (Å²) in [5.74, 6) is 0. The first kappa shape index (κ1) is 16.1. The van der Waals surface area contributed by atoms with Crippen LogP contribution in [-0.4, -0.2) is 6.26 Å². The van der Waals surface area contributed by atoms with Crippen molar-refractivity contribution in [1.82, 2.24) is 0 Å². The van der Waals surface area contributed by atoms with E-state index < -0.39 is 0 Å². The number of hydrogen-bond acceptors (Lipinski definition) is 1. The van der Waals surface area contributed by atoms with Crippen molar-refractivity contribution in [2.45, 2.75) is 6.92 Å². The first-order chi connectivity index (χ1) is 2.00. The summed E-state index contributed by atoms with van der Waals surface area (Å²) in [6.45, 7) is 5.00. The van der Waals surface area contributed by atoms with E-state index in [4.69, 9.17) is 0 Å². The molecule has 0 aromatic heterocycles. The van der Waals surface area contributed by atoms with E-state index in [1.807, 2.05) is 0 Å². The van der Waals surface area contributed by atoms with E-state index in [2.05, 4.69) is 19.6 Å². The quantitative estimate of drug-likeness (QED) is 0.381. The number of rotatable bonds is 0. The molecule has 1 radical (unpaired) electrons. The molecule has 2 heteroatoms. The van der Waals surface area contributed by atoms with Crippen LogP contribution in [0.2, 0.25) is 0 Å². The van der Waals surface area contributed by atoms with Gasteiger partial charge in [-0.1, -0.05) is 0 Å². The Morgan fingerprint density at radius 1 is 1.20 bits per heavy atom. The van der Waals surface area contributed by atoms with Gasteiger partial charge in [-0.2, -0.15) is 13.2 Å². The number of hydrogen-bond donors (Lipinski definition) is 0. The molecule has 0 aliphatic carbocycles. The van der Waals surface area contributed by atoms with E-state index in [1.165, 1.54) is 0 Å². The Bertz CT molecular complexity index is 6.85. The average molecular weight is 165 g/mol. The molecule has 0 spiro atoms. The summed E-state index contributed by atoms with van der Waals surface area (Å²) >= 11 is 4.08. The molecule has 0 aliphatic rings. The fourth-order valence-corrected chi connectivity index (χ4v) is 0. The monoisotopic (exact) mass is 165 g/mol. The molecule has 0 fully saturated rings. The summed E-state index contributed by atoms with van der Waals surface area (Å²) in [6, 6.07) is 0. The maximum Gasteiger partial charge on any atom is 0 e. The molecular weight excluding hydrogens is 157 g/mol. The van der Waals surface area contributed by atoms with Gasteiger partial charge >= 0.3 is 0 Å². The molecule has 0 N–H and O–H groups in total. The average Bonchev–Trinajstić information content (AvgIpc) is 1.50. The molecule has 0 saturated carbocycles. The van der Waals surface area contributed by atoms with Crippen LogP contribution in [0, 0.1) is 6.92 Å². The van der Waals surface area contributed by atoms with E-state index in [1.54, 1.807) is 13.2 Å². The molecule has 31 valence electrons. The third kappa shape index (κ3) is 30.8. The second-order valence-electron chi connectivity index (χ2n) is 0. The molecule has 0 aromatic rings. The van der Waals surface area contributed by atoms with Crippen LogP contribution in [-0.2, 0) is 45.3 Å². The van der Waals surface area contributed by atoms with Crippen molar-refractivity contribution in [2.24, 2.45) is 0 Å². The Kier molecular flexibility index (Phi) is 165. The maximum absolute atomic E-state index is 4.08. The summed E-state index contributed by atoms with van der Waals surface area (Å²) in [7, 11) is 0. The molecule has 0 bridgehead atoms. The topological polar surface area (TPSA) is 0 Å². The van der Waals surface area contributed by atoms with Crippen LogP contribution in [0.4, 0.5) is 0 Å². The Balaban J connectivity index is -0.0000000133. The van der Waals surface area contributed by atoms with Gasteiger partial charge in [-0.3, -0.25) is 0 Å². The van der Waals surface area contributed by atoms with Crippen LogP contribution in [0.25, 0.3) is 0 Å². The molecule has 0 unspecified atom stereocenters. The van der Waals surface area contributed by atoms with Gasteiger partial charge in [-0.25, -0.2) is 0 Å². The predicted molar refractivity (Wildman–Crippen MR) is 24.3 cm³/mol. The molecule has 0 atom stereocenters. The standard InChI is InChI=1S/C2H5.CH4S.Y/c2*1-2;/h1H2,2H3;2H,1H3;/q-1;;/p-1. The first-order valence-electron chi connectivity index (χ1n) is 1.12. The summed E-state index contributed by atoms with van der Waals surface area (Å²) < 4.78 is 0. The van der Waals surface area contributed by atoms with E-state index in [-0.39, 0.29) is 32.7 Å². The van der Waals surface area contributed by atoms with Gasteiger partial charge in [0.15, 0.2) is 0 Å². The van der Waals surface area contributed by atoms with Crippen molar-refractivity contribution in [2.75, 3.05) is 6.26 Å². The molecule has 0 nitrogen and oxygen atoms in total. The van der Waals surface area contributed by atoms with Gasteiger partial charge in [0.25, 0.3) is 0 Å². The second kappa shape index (κ2) is 51.2. The molecule has 0 amide bonds. The second-order valence-corrected chi connectivity index (χ2v) is 0. The van der Waals surface area contributed by atoms with Crippen LogP contribution < -0.4 is 0 Å². The van der Waals surface area contributed by atoms with E-state index in [9.17, 15) is 0 Å². The van der Waals surface area contributed by atoms with Gasteiger partial charge in [0.2, 0.25) is 0 Å². The molecule has 0 saturated heterocycles. The summed E-state index contributed by atoms with van der Waals surface area (Å²) in [6.07, 6.45) is 1.58. The van der Waals surface area contributed by atoms with Crippen molar-refractivity contribution >= 4 is 12.6 Å². The Labute approximate surface area is 65.0 Å². The third-order valence-corrected chi connectivity index (χ3v) is 0. The van der Waals surface area contributed by atoms with Gasteiger partial charge in [0.05, 0.1) is 0 Å². The van der Waals surface area contributed by atoms with Gasteiger partial charge in [0, 0.05) is 32.7 Å². The van der Waals surface area contributed by atoms with Gasteiger partial charge in [-0.05, 0) is 0 Å². The smallest absolute Gasteiger partial charge is 0 e.